The molecule has 2 aromatic heterocycles. The fourth-order valence-electron chi connectivity index (χ4n) is 4.33. The molecule has 9 heteroatoms. The van der Waals surface area contributed by atoms with E-state index in [1.54, 1.807) is 0 Å². The van der Waals surface area contributed by atoms with Gasteiger partial charge in [-0.2, -0.15) is 0 Å². The van der Waals surface area contributed by atoms with Crippen molar-refractivity contribution in [3.63, 3.8) is 0 Å². The van der Waals surface area contributed by atoms with Gasteiger partial charge in [0.1, 0.15) is 5.82 Å². The number of hydrogen-bond acceptors (Lipinski definition) is 9. The van der Waals surface area contributed by atoms with Gasteiger partial charge in [0.05, 0.1) is 6.20 Å². The Labute approximate surface area is 195 Å². The van der Waals surface area contributed by atoms with Gasteiger partial charge in [-0.3, -0.25) is 4.90 Å². The Morgan fingerprint density at radius 2 is 1.52 bits per heavy atom. The van der Waals surface area contributed by atoms with E-state index >= 15 is 0 Å². The van der Waals surface area contributed by atoms with Crippen molar-refractivity contribution in [2.75, 3.05) is 89.8 Å². The van der Waals surface area contributed by atoms with Crippen LogP contribution in [0.5, 0.6) is 0 Å². The van der Waals surface area contributed by atoms with Crippen LogP contribution in [-0.2, 0) is 0 Å². The van der Waals surface area contributed by atoms with E-state index < -0.39 is 0 Å². The van der Waals surface area contributed by atoms with E-state index in [4.69, 9.17) is 19.9 Å². The van der Waals surface area contributed by atoms with Crippen LogP contribution < -0.4 is 10.2 Å². The normalized spacial score (nSPS) is 18.7. The van der Waals surface area contributed by atoms with Crippen molar-refractivity contribution in [2.24, 2.45) is 0 Å². The summed E-state index contributed by atoms with van der Waals surface area (Å²) in [7, 11) is 4.34. The third-order valence-corrected chi connectivity index (χ3v) is 6.57. The summed E-state index contributed by atoms with van der Waals surface area (Å²) >= 11 is 0. The Hall–Kier alpha value is -2.88. The van der Waals surface area contributed by atoms with Gasteiger partial charge in [0.15, 0.2) is 22.8 Å². The fourth-order valence-corrected chi connectivity index (χ4v) is 4.33. The summed E-state index contributed by atoms with van der Waals surface area (Å²) in [4.78, 5) is 28.8. The summed E-state index contributed by atoms with van der Waals surface area (Å²) in [5.74, 6) is 2.32. The summed E-state index contributed by atoms with van der Waals surface area (Å²) in [6.07, 6.45) is 1.87. The highest BCUT2D eigenvalue weighted by atomic mass is 15.3. The molecule has 2 aliphatic heterocycles. The largest absolute Gasteiger partial charge is 0.367 e. The monoisotopic (exact) mass is 447 g/mol. The highest BCUT2D eigenvalue weighted by molar-refractivity contribution is 5.85. The molecule has 3 aromatic rings. The van der Waals surface area contributed by atoms with Crippen molar-refractivity contribution >= 4 is 22.8 Å². The number of rotatable bonds is 6. The highest BCUT2D eigenvalue weighted by Gasteiger charge is 2.19. The average molecular weight is 448 g/mol. The Bertz CT molecular complexity index is 1060. The Morgan fingerprint density at radius 3 is 2.24 bits per heavy atom. The molecule has 2 saturated heterocycles. The quantitative estimate of drug-likeness (QED) is 0.605. The van der Waals surface area contributed by atoms with Gasteiger partial charge < -0.3 is 20.0 Å². The number of aromatic nitrogens is 4. The zero-order valence-electron chi connectivity index (χ0n) is 19.6. The second-order valence-electron chi connectivity index (χ2n) is 9.02. The molecule has 4 heterocycles. The van der Waals surface area contributed by atoms with Crippen LogP contribution in [-0.4, -0.2) is 114 Å². The molecular weight excluding hydrogens is 414 g/mol. The van der Waals surface area contributed by atoms with Crippen LogP contribution in [0.1, 0.15) is 0 Å². The van der Waals surface area contributed by atoms with E-state index in [9.17, 15) is 0 Å². The molecule has 0 bridgehead atoms. The first kappa shape index (κ1) is 21.9. The Morgan fingerprint density at radius 1 is 0.818 bits per heavy atom. The number of likely N-dealkylation sites (N-methyl/N-ethyl adjacent to an activating group) is 2. The molecule has 1 aromatic carbocycles. The molecule has 0 saturated carbocycles. The first-order valence-corrected chi connectivity index (χ1v) is 11.8. The first-order valence-electron chi connectivity index (χ1n) is 11.8. The summed E-state index contributed by atoms with van der Waals surface area (Å²) in [5.41, 5.74) is 2.35. The molecule has 0 amide bonds. The minimum atomic E-state index is 0.641. The Kier molecular flexibility index (Phi) is 6.61. The van der Waals surface area contributed by atoms with Crippen LogP contribution in [0, 0.1) is 0 Å². The van der Waals surface area contributed by atoms with E-state index in [0.717, 1.165) is 88.2 Å². The number of nitrogens with zero attached hydrogens (tertiary/aromatic N) is 8. The average Bonchev–Trinajstić information content (AvgIpc) is 2.86. The van der Waals surface area contributed by atoms with Gasteiger partial charge >= 0.3 is 0 Å². The van der Waals surface area contributed by atoms with Crippen molar-refractivity contribution in [3.05, 3.63) is 36.5 Å². The minimum absolute atomic E-state index is 0.641. The fraction of sp³-hybridized carbons (Fsp3) is 0.500. The van der Waals surface area contributed by atoms with E-state index in [2.05, 4.69) is 39.0 Å². The van der Waals surface area contributed by atoms with Crippen molar-refractivity contribution < 1.29 is 0 Å². The van der Waals surface area contributed by atoms with Crippen LogP contribution in [0.4, 0.5) is 11.6 Å². The van der Waals surface area contributed by atoms with Crippen LogP contribution in [0.15, 0.2) is 36.5 Å². The van der Waals surface area contributed by atoms with Crippen LogP contribution in [0.3, 0.4) is 0 Å². The highest BCUT2D eigenvalue weighted by Crippen LogP contribution is 2.24. The van der Waals surface area contributed by atoms with Gasteiger partial charge in [0, 0.05) is 71.0 Å². The van der Waals surface area contributed by atoms with Gasteiger partial charge in [-0.1, -0.05) is 30.3 Å². The lowest BCUT2D eigenvalue weighted by molar-refractivity contribution is 0.158. The standard InChI is InChI=1S/C24H33N9/c1-30-10-14-32(15-11-30)9-8-25-23-21-24(29-22(28-23)19-6-4-3-5-7-19)27-20(18-26-21)33-16-12-31(2)13-17-33/h3-7,18H,8-17H2,1-2H3,(H,25,27,28,29). The van der Waals surface area contributed by atoms with Gasteiger partial charge in [-0.15, -0.1) is 0 Å². The van der Waals surface area contributed by atoms with E-state index in [-0.39, 0.29) is 0 Å². The smallest absolute Gasteiger partial charge is 0.186 e. The molecule has 0 atom stereocenters. The van der Waals surface area contributed by atoms with Crippen molar-refractivity contribution in [1.29, 1.82) is 0 Å². The molecule has 1 N–H and O–H groups in total. The maximum Gasteiger partial charge on any atom is 0.186 e. The van der Waals surface area contributed by atoms with Crippen LogP contribution in [0.25, 0.3) is 22.6 Å². The zero-order chi connectivity index (χ0) is 22.6. The number of fused-ring (bicyclic) bond motifs is 1. The predicted molar refractivity (Wildman–Crippen MR) is 133 cm³/mol. The number of nitrogens with one attached hydrogen (secondary N) is 1. The molecule has 0 unspecified atom stereocenters. The lowest BCUT2D eigenvalue weighted by Gasteiger charge is -2.33. The minimum Gasteiger partial charge on any atom is -0.367 e. The summed E-state index contributed by atoms with van der Waals surface area (Å²) in [5, 5.41) is 3.53. The summed E-state index contributed by atoms with van der Waals surface area (Å²) < 4.78 is 0. The number of benzene rings is 1. The lowest BCUT2D eigenvalue weighted by Crippen LogP contribution is -2.45. The molecule has 2 aliphatic rings. The van der Waals surface area contributed by atoms with Gasteiger partial charge in [-0.25, -0.2) is 19.9 Å². The van der Waals surface area contributed by atoms with Crippen molar-refractivity contribution in [2.45, 2.75) is 0 Å². The van der Waals surface area contributed by atoms with Gasteiger partial charge in [-0.05, 0) is 14.1 Å². The molecule has 33 heavy (non-hydrogen) atoms. The second kappa shape index (κ2) is 9.94. The van der Waals surface area contributed by atoms with Gasteiger partial charge in [0.25, 0.3) is 0 Å². The third-order valence-electron chi connectivity index (χ3n) is 6.57. The van der Waals surface area contributed by atoms with Gasteiger partial charge in [0.2, 0.25) is 0 Å². The van der Waals surface area contributed by atoms with Crippen molar-refractivity contribution in [1.82, 2.24) is 34.6 Å². The molecule has 5 rings (SSSR count). The topological polar surface area (TPSA) is 76.6 Å². The SMILES string of the molecule is CN1CCN(CCNc2nc(-c3ccccc3)nc3nc(N4CCN(C)CC4)cnc23)CC1. The third kappa shape index (κ3) is 5.21. The van der Waals surface area contributed by atoms with Crippen LogP contribution >= 0.6 is 0 Å². The number of hydrogen-bond donors (Lipinski definition) is 1. The number of anilines is 2. The maximum absolute atomic E-state index is 4.91. The molecule has 0 radical (unpaired) electrons. The molecule has 174 valence electrons. The molecule has 9 nitrogen and oxygen atoms in total. The summed E-state index contributed by atoms with van der Waals surface area (Å²) in [6.45, 7) is 10.2. The Balaban J connectivity index is 1.40. The second-order valence-corrected chi connectivity index (χ2v) is 9.02. The molecule has 0 aliphatic carbocycles. The predicted octanol–water partition coefficient (Wildman–Crippen LogP) is 1.50. The number of piperazine rings is 2. The maximum atomic E-state index is 4.91. The zero-order valence-corrected chi connectivity index (χ0v) is 19.6. The molecular formula is C24H33N9. The van der Waals surface area contributed by atoms with E-state index in [1.807, 2.05) is 36.5 Å². The first-order chi connectivity index (χ1) is 16.2. The molecule has 0 spiro atoms. The van der Waals surface area contributed by atoms with E-state index in [1.165, 1.54) is 0 Å². The van der Waals surface area contributed by atoms with Crippen molar-refractivity contribution in [3.8, 4) is 11.4 Å². The summed E-state index contributed by atoms with van der Waals surface area (Å²) in [6, 6.07) is 10.1. The molecule has 2 fully saturated rings. The van der Waals surface area contributed by atoms with Crippen LogP contribution in [0.2, 0.25) is 0 Å². The lowest BCUT2D eigenvalue weighted by atomic mass is 10.2. The van der Waals surface area contributed by atoms with E-state index in [0.29, 0.717) is 11.5 Å².